The SMILES string of the molecule is CNc1cc2nc3c1ncn3C(=O)N[C@H](C)COCc1cc(cc(N3CCO[C@H](C)C3)c1)N2. The molecule has 33 heavy (non-hydrogen) atoms. The number of nitrogens with zero attached hydrogens (tertiary/aromatic N) is 4. The molecular weight excluding hydrogens is 422 g/mol. The van der Waals surface area contributed by atoms with Gasteiger partial charge >= 0.3 is 6.03 Å². The number of hydrogen-bond acceptors (Lipinski definition) is 8. The molecule has 1 fully saturated rings. The second-order valence-corrected chi connectivity index (χ2v) is 8.60. The maximum absolute atomic E-state index is 12.8. The van der Waals surface area contributed by atoms with Crippen molar-refractivity contribution >= 4 is 40.1 Å². The molecule has 2 atom stereocenters. The van der Waals surface area contributed by atoms with Crippen LogP contribution in [0.25, 0.3) is 11.2 Å². The van der Waals surface area contributed by atoms with Gasteiger partial charge in [-0.15, -0.1) is 0 Å². The Morgan fingerprint density at radius 2 is 2.09 bits per heavy atom. The van der Waals surface area contributed by atoms with Crippen LogP contribution < -0.4 is 20.9 Å². The fourth-order valence-electron chi connectivity index (χ4n) is 4.28. The van der Waals surface area contributed by atoms with Gasteiger partial charge in [-0.2, -0.15) is 0 Å². The van der Waals surface area contributed by atoms with Crippen molar-refractivity contribution < 1.29 is 14.3 Å². The number of imidazole rings is 1. The van der Waals surface area contributed by atoms with E-state index < -0.39 is 0 Å². The normalized spacial score (nSPS) is 21.4. The van der Waals surface area contributed by atoms with Crippen molar-refractivity contribution in [3.8, 4) is 0 Å². The zero-order valence-electron chi connectivity index (χ0n) is 19.1. The van der Waals surface area contributed by atoms with Crippen LogP contribution in [0.2, 0.25) is 0 Å². The Morgan fingerprint density at radius 1 is 1.21 bits per heavy atom. The highest BCUT2D eigenvalue weighted by Crippen LogP contribution is 2.30. The van der Waals surface area contributed by atoms with Crippen molar-refractivity contribution in [3.05, 3.63) is 36.2 Å². The molecule has 5 rings (SSSR count). The van der Waals surface area contributed by atoms with Gasteiger partial charge in [-0.1, -0.05) is 0 Å². The van der Waals surface area contributed by atoms with Crippen LogP contribution >= 0.6 is 0 Å². The number of pyridine rings is 1. The van der Waals surface area contributed by atoms with E-state index in [2.05, 4.69) is 51.0 Å². The summed E-state index contributed by atoms with van der Waals surface area (Å²) in [5.74, 6) is 0.617. The topological polar surface area (TPSA) is 106 Å². The van der Waals surface area contributed by atoms with Crippen LogP contribution in [0.5, 0.6) is 0 Å². The number of benzene rings is 1. The second kappa shape index (κ2) is 8.87. The smallest absolute Gasteiger partial charge is 0.328 e. The molecule has 3 aromatic rings. The average molecular weight is 452 g/mol. The molecule has 1 aromatic carbocycles. The van der Waals surface area contributed by atoms with Gasteiger partial charge in [-0.3, -0.25) is 0 Å². The summed E-state index contributed by atoms with van der Waals surface area (Å²) in [6, 6.07) is 7.77. The van der Waals surface area contributed by atoms with E-state index in [1.165, 1.54) is 10.9 Å². The standard InChI is InChI=1S/C23H29N7O3/c1-14-11-32-12-16-6-17(8-18(7-16)29-4-5-33-15(2)10-29)27-20-9-19(24-3)21-22(28-20)30(13-25-21)23(31)26-14/h6-9,13-15H,4-5,10-12H2,1-3H3,(H,26,31)(H2,24,27,28)/t14-,15-/m1/s1. The molecule has 0 spiro atoms. The molecule has 10 nitrogen and oxygen atoms in total. The van der Waals surface area contributed by atoms with E-state index >= 15 is 0 Å². The average Bonchev–Trinajstić information content (AvgIpc) is 3.22. The molecule has 1 saturated heterocycles. The molecule has 10 heteroatoms. The van der Waals surface area contributed by atoms with Crippen LogP contribution in [0, 0.1) is 0 Å². The highest BCUT2D eigenvalue weighted by Gasteiger charge is 2.20. The largest absolute Gasteiger partial charge is 0.386 e. The third-order valence-corrected chi connectivity index (χ3v) is 5.86. The maximum Gasteiger partial charge on any atom is 0.328 e. The first kappa shape index (κ1) is 21.5. The minimum absolute atomic E-state index is 0.175. The molecule has 3 N–H and O–H groups in total. The lowest BCUT2D eigenvalue weighted by Gasteiger charge is -2.33. The van der Waals surface area contributed by atoms with E-state index in [0.29, 0.717) is 36.8 Å². The van der Waals surface area contributed by atoms with Crippen LogP contribution in [-0.2, 0) is 16.1 Å². The minimum Gasteiger partial charge on any atom is -0.386 e. The van der Waals surface area contributed by atoms with Crippen LogP contribution in [0.3, 0.4) is 0 Å². The third-order valence-electron chi connectivity index (χ3n) is 5.86. The Morgan fingerprint density at radius 3 is 2.91 bits per heavy atom. The van der Waals surface area contributed by atoms with Crippen molar-refractivity contribution in [2.75, 3.05) is 48.9 Å². The Hall–Kier alpha value is -3.37. The van der Waals surface area contributed by atoms with Crippen LogP contribution in [-0.4, -0.2) is 66.1 Å². The van der Waals surface area contributed by atoms with Crippen LogP contribution in [0.1, 0.15) is 19.4 Å². The quantitative estimate of drug-likeness (QED) is 0.546. The highest BCUT2D eigenvalue weighted by atomic mass is 16.5. The summed E-state index contributed by atoms with van der Waals surface area (Å²) in [5, 5.41) is 9.54. The van der Waals surface area contributed by atoms with Crippen LogP contribution in [0.15, 0.2) is 30.6 Å². The first-order valence-electron chi connectivity index (χ1n) is 11.2. The van der Waals surface area contributed by atoms with Gasteiger partial charge in [0.15, 0.2) is 5.65 Å². The van der Waals surface area contributed by atoms with Gasteiger partial charge in [0.05, 0.1) is 37.7 Å². The molecule has 0 radical (unpaired) electrons. The van der Waals surface area contributed by atoms with Gasteiger partial charge in [-0.05, 0) is 37.6 Å². The zero-order chi connectivity index (χ0) is 22.9. The van der Waals surface area contributed by atoms with Crippen molar-refractivity contribution in [3.63, 3.8) is 0 Å². The number of nitrogens with one attached hydrogen (secondary N) is 3. The lowest BCUT2D eigenvalue weighted by atomic mass is 10.1. The maximum atomic E-state index is 12.8. The summed E-state index contributed by atoms with van der Waals surface area (Å²) in [4.78, 5) is 24.3. The number of fused-ring (bicyclic) bond motifs is 3. The van der Waals surface area contributed by atoms with Crippen molar-refractivity contribution in [2.24, 2.45) is 0 Å². The lowest BCUT2D eigenvalue weighted by molar-refractivity contribution is 0.0532. The number of morpholine rings is 1. The van der Waals surface area contributed by atoms with Crippen molar-refractivity contribution in [1.82, 2.24) is 19.9 Å². The molecule has 2 aromatic heterocycles. The number of aromatic nitrogens is 3. The van der Waals surface area contributed by atoms with Gasteiger partial charge in [0.1, 0.15) is 17.7 Å². The Labute approximate surface area is 192 Å². The second-order valence-electron chi connectivity index (χ2n) is 8.60. The molecule has 2 aliphatic rings. The van der Waals surface area contributed by atoms with E-state index in [4.69, 9.17) is 14.5 Å². The Bertz CT molecular complexity index is 1180. The summed E-state index contributed by atoms with van der Waals surface area (Å²) < 4.78 is 13.1. The Kier molecular flexibility index (Phi) is 5.77. The predicted molar refractivity (Wildman–Crippen MR) is 127 cm³/mol. The van der Waals surface area contributed by atoms with E-state index in [1.54, 1.807) is 0 Å². The number of carbonyl (C=O) groups excluding carboxylic acids is 1. The molecule has 0 saturated carbocycles. The first-order chi connectivity index (χ1) is 16.0. The molecule has 4 bridgehead atoms. The summed E-state index contributed by atoms with van der Waals surface area (Å²) in [6.45, 7) is 7.21. The van der Waals surface area contributed by atoms with E-state index in [9.17, 15) is 4.79 Å². The molecule has 1 amide bonds. The summed E-state index contributed by atoms with van der Waals surface area (Å²) in [5.41, 5.74) is 4.96. The fraction of sp³-hybridized carbons (Fsp3) is 0.435. The summed E-state index contributed by atoms with van der Waals surface area (Å²) in [7, 11) is 1.83. The van der Waals surface area contributed by atoms with Gasteiger partial charge in [0, 0.05) is 37.6 Å². The molecule has 2 aliphatic heterocycles. The summed E-state index contributed by atoms with van der Waals surface area (Å²) in [6.07, 6.45) is 1.68. The number of hydrogen-bond donors (Lipinski definition) is 3. The first-order valence-corrected chi connectivity index (χ1v) is 11.2. The number of carbonyl (C=O) groups is 1. The van der Waals surface area contributed by atoms with Gasteiger partial charge in [-0.25, -0.2) is 19.3 Å². The minimum atomic E-state index is -0.292. The predicted octanol–water partition coefficient (Wildman–Crippen LogP) is 2.92. The molecule has 0 unspecified atom stereocenters. The monoisotopic (exact) mass is 451 g/mol. The van der Waals surface area contributed by atoms with Crippen molar-refractivity contribution in [1.29, 1.82) is 0 Å². The lowest BCUT2D eigenvalue weighted by Crippen LogP contribution is -2.41. The number of amides is 1. The van der Waals surface area contributed by atoms with Gasteiger partial charge < -0.3 is 30.3 Å². The molecular formula is C23H29N7O3. The van der Waals surface area contributed by atoms with E-state index in [-0.39, 0.29) is 18.2 Å². The van der Waals surface area contributed by atoms with Crippen molar-refractivity contribution in [2.45, 2.75) is 32.6 Å². The number of anilines is 4. The van der Waals surface area contributed by atoms with Gasteiger partial charge in [0.25, 0.3) is 0 Å². The third kappa shape index (κ3) is 4.44. The van der Waals surface area contributed by atoms with Gasteiger partial charge in [0.2, 0.25) is 0 Å². The summed E-state index contributed by atoms with van der Waals surface area (Å²) >= 11 is 0. The molecule has 0 aliphatic carbocycles. The molecule has 4 heterocycles. The zero-order valence-corrected chi connectivity index (χ0v) is 19.1. The van der Waals surface area contributed by atoms with E-state index in [1.807, 2.05) is 20.0 Å². The fourth-order valence-corrected chi connectivity index (χ4v) is 4.28. The van der Waals surface area contributed by atoms with Crippen LogP contribution in [0.4, 0.5) is 27.7 Å². The number of ether oxygens (including phenoxy) is 2. The Balaban J connectivity index is 1.59. The number of rotatable bonds is 2. The van der Waals surface area contributed by atoms with E-state index in [0.717, 1.165) is 35.7 Å². The molecule has 174 valence electrons. The highest BCUT2D eigenvalue weighted by molar-refractivity contribution is 5.94.